The molecule has 10 atom stereocenters. The Balaban J connectivity index is 0.982. The molecule has 1 aromatic carbocycles. The number of nitrogens with one attached hydrogen (secondary N) is 2. The summed E-state index contributed by atoms with van der Waals surface area (Å²) >= 11 is 0. The maximum atomic E-state index is 13.8. The molecule has 59 heavy (non-hydrogen) atoms. The summed E-state index contributed by atoms with van der Waals surface area (Å²) < 4.78 is 21.0. The number of nitro groups is 1. The Morgan fingerprint density at radius 1 is 0.983 bits per heavy atom. The SMILES string of the molecule is CC(CCC(=O)OCCOCCOCCN=[N+]=[N-])C1CCC2C3CC[C@@H]4C[C@H](NC(=O)C(CCC(=O)O)Nc5ccc([N+](=O)[O-])c6nonc56)CC[C@]4(C)C3CC[C@]12C. The van der Waals surface area contributed by atoms with Gasteiger partial charge in [-0.2, -0.15) is 0 Å². The molecule has 0 bridgehead atoms. The molecule has 0 spiro atoms. The fraction of sp³-hybridized carbons (Fsp3) is 0.780. The Bertz CT molecular complexity index is 1850. The van der Waals surface area contributed by atoms with Crippen molar-refractivity contribution in [2.75, 3.05) is 44.9 Å². The summed E-state index contributed by atoms with van der Waals surface area (Å²) in [6.45, 7) is 9.25. The molecule has 4 saturated carbocycles. The third kappa shape index (κ3) is 10.1. The van der Waals surface area contributed by atoms with E-state index in [4.69, 9.17) is 24.4 Å². The summed E-state index contributed by atoms with van der Waals surface area (Å²) in [6.07, 6.45) is 10.9. The number of nitro benzene ring substituents is 1. The number of carboxylic acids is 1. The van der Waals surface area contributed by atoms with Crippen LogP contribution >= 0.6 is 0 Å². The van der Waals surface area contributed by atoms with E-state index in [2.05, 4.69) is 51.7 Å². The van der Waals surface area contributed by atoms with Crippen LogP contribution in [0.15, 0.2) is 21.9 Å². The molecule has 18 nitrogen and oxygen atoms in total. The Labute approximate surface area is 344 Å². The fourth-order valence-corrected chi connectivity index (χ4v) is 11.8. The summed E-state index contributed by atoms with van der Waals surface area (Å²) in [4.78, 5) is 51.5. The quantitative estimate of drug-likeness (QED) is 0.0214. The highest BCUT2D eigenvalue weighted by Crippen LogP contribution is 2.68. The van der Waals surface area contributed by atoms with Crippen LogP contribution in [0.3, 0.4) is 0 Å². The summed E-state index contributed by atoms with van der Waals surface area (Å²) in [5.74, 6) is 1.93. The van der Waals surface area contributed by atoms with Crippen molar-refractivity contribution in [1.82, 2.24) is 15.6 Å². The zero-order chi connectivity index (χ0) is 42.2. The average Bonchev–Trinajstić information content (AvgIpc) is 3.84. The van der Waals surface area contributed by atoms with Crippen LogP contribution in [0.1, 0.15) is 104 Å². The van der Waals surface area contributed by atoms with Gasteiger partial charge in [-0.1, -0.05) is 25.9 Å². The highest BCUT2D eigenvalue weighted by molar-refractivity contribution is 5.95. The second-order valence-corrected chi connectivity index (χ2v) is 17.8. The Hall–Kier alpha value is -4.54. The number of non-ortho nitro benzene ring substituents is 1. The van der Waals surface area contributed by atoms with Crippen LogP contribution < -0.4 is 10.6 Å². The Kier molecular flexibility index (Phi) is 14.7. The third-order valence-corrected chi connectivity index (χ3v) is 14.7. The summed E-state index contributed by atoms with van der Waals surface area (Å²) in [6, 6.07) is 1.76. The zero-order valence-electron chi connectivity index (χ0n) is 34.5. The van der Waals surface area contributed by atoms with Crippen molar-refractivity contribution in [3.63, 3.8) is 0 Å². The number of nitrogens with zero attached hydrogens (tertiary/aromatic N) is 6. The van der Waals surface area contributed by atoms with Crippen molar-refractivity contribution in [3.05, 3.63) is 32.7 Å². The van der Waals surface area contributed by atoms with E-state index in [-0.39, 0.29) is 71.5 Å². The molecule has 18 heteroatoms. The number of aliphatic carboxylic acids is 1. The number of esters is 1. The molecule has 4 fully saturated rings. The van der Waals surface area contributed by atoms with E-state index < -0.39 is 16.9 Å². The Morgan fingerprint density at radius 2 is 1.71 bits per heavy atom. The largest absolute Gasteiger partial charge is 0.481 e. The number of carbonyl (C=O) groups is 3. The summed E-state index contributed by atoms with van der Waals surface area (Å²) in [7, 11) is 0. The number of rotatable bonds is 21. The lowest BCUT2D eigenvalue weighted by molar-refractivity contribution is -0.383. The van der Waals surface area contributed by atoms with Crippen molar-refractivity contribution in [2.45, 2.75) is 116 Å². The Morgan fingerprint density at radius 3 is 2.47 bits per heavy atom. The smallest absolute Gasteiger partial charge is 0.305 e. The molecule has 1 amide bonds. The van der Waals surface area contributed by atoms with Gasteiger partial charge in [0.15, 0.2) is 5.52 Å². The van der Waals surface area contributed by atoms with Crippen LogP contribution in [-0.2, 0) is 28.6 Å². The van der Waals surface area contributed by atoms with Gasteiger partial charge in [-0.3, -0.25) is 24.5 Å². The predicted molar refractivity (Wildman–Crippen MR) is 215 cm³/mol. The lowest BCUT2D eigenvalue weighted by Crippen LogP contribution is -2.56. The van der Waals surface area contributed by atoms with Crippen LogP contribution in [0.5, 0.6) is 0 Å². The minimum Gasteiger partial charge on any atom is -0.481 e. The monoisotopic (exact) mass is 824 g/mol. The van der Waals surface area contributed by atoms with E-state index in [1.165, 1.54) is 44.2 Å². The molecule has 324 valence electrons. The zero-order valence-corrected chi connectivity index (χ0v) is 34.5. The maximum absolute atomic E-state index is 13.8. The molecular formula is C41H60N8O10. The van der Waals surface area contributed by atoms with E-state index in [0.717, 1.165) is 32.1 Å². The molecule has 0 saturated heterocycles. The van der Waals surface area contributed by atoms with Crippen LogP contribution in [0.4, 0.5) is 11.4 Å². The van der Waals surface area contributed by atoms with Gasteiger partial charge in [-0.15, -0.1) is 0 Å². The number of aromatic nitrogens is 2. The van der Waals surface area contributed by atoms with Crippen LogP contribution in [0.2, 0.25) is 0 Å². The number of hydrogen-bond donors (Lipinski definition) is 3. The minimum absolute atomic E-state index is 0.0168. The summed E-state index contributed by atoms with van der Waals surface area (Å²) in [5.41, 5.74) is 8.79. The van der Waals surface area contributed by atoms with E-state index in [1.807, 2.05) is 0 Å². The average molecular weight is 825 g/mol. The lowest BCUT2D eigenvalue weighted by Gasteiger charge is -2.61. The van der Waals surface area contributed by atoms with Crippen molar-refractivity contribution in [2.24, 2.45) is 51.5 Å². The number of benzene rings is 1. The number of anilines is 1. The van der Waals surface area contributed by atoms with Crippen molar-refractivity contribution in [1.29, 1.82) is 0 Å². The number of amides is 1. The first kappa shape index (κ1) is 44.0. The van der Waals surface area contributed by atoms with Gasteiger partial charge in [0.2, 0.25) is 11.4 Å². The second kappa shape index (κ2) is 19.7. The van der Waals surface area contributed by atoms with Crippen LogP contribution in [-0.4, -0.2) is 89.9 Å². The molecule has 1 aromatic heterocycles. The number of carboxylic acid groups (broad SMARTS) is 1. The minimum atomic E-state index is -1.03. The predicted octanol–water partition coefficient (Wildman–Crippen LogP) is 7.22. The first-order chi connectivity index (χ1) is 28.4. The van der Waals surface area contributed by atoms with Gasteiger partial charge in [0.05, 0.1) is 37.0 Å². The molecule has 1 heterocycles. The van der Waals surface area contributed by atoms with Gasteiger partial charge in [-0.05, 0) is 139 Å². The molecule has 2 aromatic rings. The molecule has 6 rings (SSSR count). The molecule has 0 radical (unpaired) electrons. The van der Waals surface area contributed by atoms with E-state index in [0.29, 0.717) is 74.0 Å². The highest BCUT2D eigenvalue weighted by atomic mass is 16.6. The van der Waals surface area contributed by atoms with E-state index in [1.54, 1.807) is 0 Å². The number of fused-ring (bicyclic) bond motifs is 6. The standard InChI is InChI=1S/C41H60N8O10/c1-25(4-13-36(52)58-23-22-57-21-20-56-19-18-43-48-42)29-7-8-30-28-6-5-26-24-27(14-16-40(26,2)31(28)15-17-41(29,30)3)44-39(53)33(10-12-35(50)51)45-32-9-11-34(49(54)55)38-37(32)46-59-47-38/h9,11,25-31,33,45H,4-8,10,12-24H2,1-3H3,(H,44,53)(H,50,51)/t25?,26-,27-,28?,29?,30?,31?,33?,40+,41-/m1/s1. The van der Waals surface area contributed by atoms with Crippen molar-refractivity contribution < 1.29 is 43.3 Å². The van der Waals surface area contributed by atoms with Gasteiger partial charge in [0.25, 0.3) is 0 Å². The van der Waals surface area contributed by atoms with Crippen LogP contribution in [0, 0.1) is 56.5 Å². The third-order valence-electron chi connectivity index (χ3n) is 14.7. The normalized spacial score (nSPS) is 29.5. The van der Waals surface area contributed by atoms with Gasteiger partial charge >= 0.3 is 17.6 Å². The van der Waals surface area contributed by atoms with Gasteiger partial charge in [0.1, 0.15) is 12.6 Å². The van der Waals surface area contributed by atoms with Gasteiger partial charge in [-0.25, -0.2) is 4.63 Å². The van der Waals surface area contributed by atoms with E-state index in [9.17, 15) is 29.6 Å². The number of ether oxygens (including phenoxy) is 3. The number of hydrogen-bond acceptors (Lipinski definition) is 13. The molecule has 0 aliphatic heterocycles. The van der Waals surface area contributed by atoms with Gasteiger partial charge < -0.3 is 30.0 Å². The molecule has 3 N–H and O–H groups in total. The van der Waals surface area contributed by atoms with Crippen molar-refractivity contribution >= 4 is 40.3 Å². The molecule has 6 unspecified atom stereocenters. The maximum Gasteiger partial charge on any atom is 0.305 e. The topological polar surface area (TPSA) is 254 Å². The number of carbonyl (C=O) groups excluding carboxylic acids is 2. The first-order valence-corrected chi connectivity index (χ1v) is 21.4. The molecule has 4 aliphatic carbocycles. The molecular weight excluding hydrogens is 764 g/mol. The molecule has 4 aliphatic rings. The van der Waals surface area contributed by atoms with E-state index >= 15 is 0 Å². The lowest BCUT2D eigenvalue weighted by atomic mass is 9.44. The highest BCUT2D eigenvalue weighted by Gasteiger charge is 2.60. The first-order valence-electron chi connectivity index (χ1n) is 21.4. The van der Waals surface area contributed by atoms with Crippen molar-refractivity contribution in [3.8, 4) is 0 Å². The fourth-order valence-electron chi connectivity index (χ4n) is 11.8. The number of azide groups is 1. The second-order valence-electron chi connectivity index (χ2n) is 17.8. The van der Waals surface area contributed by atoms with Gasteiger partial charge in [0, 0.05) is 36.4 Å². The van der Waals surface area contributed by atoms with Crippen LogP contribution in [0.25, 0.3) is 21.5 Å². The summed E-state index contributed by atoms with van der Waals surface area (Å²) in [5, 5.41) is 38.2.